The highest BCUT2D eigenvalue weighted by atomic mass is 16.4. The number of primary amides is 1. The molecule has 0 aromatic heterocycles. The summed E-state index contributed by atoms with van der Waals surface area (Å²) in [5.74, 6) is -4.82. The van der Waals surface area contributed by atoms with Crippen LogP contribution in [0.2, 0.25) is 0 Å². The van der Waals surface area contributed by atoms with Gasteiger partial charge in [-0.15, -0.1) is 0 Å². The first-order chi connectivity index (χ1) is 18.7. The molecule has 1 aromatic carbocycles. The molecule has 0 aliphatic rings. The number of aliphatic hydroxyl groups is 1. The molecule has 40 heavy (non-hydrogen) atoms. The predicted molar refractivity (Wildman–Crippen MR) is 146 cm³/mol. The quantitative estimate of drug-likeness (QED) is 0.196. The van der Waals surface area contributed by atoms with Crippen LogP contribution >= 0.6 is 0 Å². The second-order valence-electron chi connectivity index (χ2n) is 10.3. The largest absolute Gasteiger partial charge is 0.480 e. The highest BCUT2D eigenvalue weighted by Crippen LogP contribution is 2.09. The van der Waals surface area contributed by atoms with Crippen LogP contribution in [0.1, 0.15) is 44.5 Å². The second-order valence-corrected chi connectivity index (χ2v) is 10.3. The van der Waals surface area contributed by atoms with Crippen LogP contribution in [-0.2, 0) is 24.0 Å². The minimum atomic E-state index is -1.24. The van der Waals surface area contributed by atoms with E-state index in [2.05, 4.69) is 5.32 Å². The van der Waals surface area contributed by atoms with Crippen molar-refractivity contribution in [2.45, 2.75) is 40.2 Å². The normalized spacial score (nSPS) is 11.6. The molecule has 1 aromatic rings. The number of amides is 5. The van der Waals surface area contributed by atoms with Crippen molar-refractivity contribution in [3.63, 3.8) is 0 Å². The Hall–Kier alpha value is -4.00. The van der Waals surface area contributed by atoms with Gasteiger partial charge >= 0.3 is 5.97 Å². The predicted octanol–water partition coefficient (Wildman–Crippen LogP) is -0.465. The summed E-state index contributed by atoms with van der Waals surface area (Å²) < 4.78 is 0. The number of nitrogens with one attached hydrogen (secondary N) is 1. The molecule has 5 amide bonds. The van der Waals surface area contributed by atoms with E-state index in [9.17, 15) is 39.0 Å². The van der Waals surface area contributed by atoms with Gasteiger partial charge in [-0.05, 0) is 30.4 Å². The third-order valence-corrected chi connectivity index (χ3v) is 5.64. The summed E-state index contributed by atoms with van der Waals surface area (Å²) in [5, 5.41) is 21.2. The molecule has 5 N–H and O–H groups in total. The molecular weight excluding hydrogens is 522 g/mol. The van der Waals surface area contributed by atoms with Crippen LogP contribution < -0.4 is 11.1 Å². The summed E-state index contributed by atoms with van der Waals surface area (Å²) >= 11 is 0. The standard InChI is InChI=1S/C27H41N5O8/c1-18(2)12-21(27(39)40)29-23(35)15-31(14-22(28)34)25(37)16-30(10-11-33)24(36)17-32(13-19(3)4)26(38)20-8-6-5-7-9-20/h5-9,18-19,21,33H,10-17H2,1-4H3,(H2,28,34)(H,29,35)(H,39,40)/t21-/m0/s1. The van der Waals surface area contributed by atoms with Crippen molar-refractivity contribution in [3.8, 4) is 0 Å². The molecular formula is C27H41N5O8. The zero-order valence-corrected chi connectivity index (χ0v) is 23.5. The highest BCUT2D eigenvalue weighted by molar-refractivity contribution is 5.97. The molecule has 0 heterocycles. The van der Waals surface area contributed by atoms with Gasteiger partial charge in [-0.3, -0.25) is 24.0 Å². The fourth-order valence-corrected chi connectivity index (χ4v) is 3.89. The first-order valence-corrected chi connectivity index (χ1v) is 13.1. The summed E-state index contributed by atoms with van der Waals surface area (Å²) in [6.45, 7) is 4.57. The van der Waals surface area contributed by atoms with E-state index in [0.717, 1.165) is 9.80 Å². The summed E-state index contributed by atoms with van der Waals surface area (Å²) in [4.78, 5) is 78.2. The van der Waals surface area contributed by atoms with E-state index >= 15 is 0 Å². The molecule has 1 rings (SSSR count). The number of hydrogen-bond donors (Lipinski definition) is 4. The van der Waals surface area contributed by atoms with Gasteiger partial charge in [-0.2, -0.15) is 0 Å². The van der Waals surface area contributed by atoms with Crippen LogP contribution in [0.5, 0.6) is 0 Å². The van der Waals surface area contributed by atoms with Crippen LogP contribution in [0, 0.1) is 11.8 Å². The van der Waals surface area contributed by atoms with E-state index in [0.29, 0.717) is 5.56 Å². The molecule has 13 heteroatoms. The fraction of sp³-hybridized carbons (Fsp3) is 0.556. The zero-order valence-electron chi connectivity index (χ0n) is 23.5. The highest BCUT2D eigenvalue weighted by Gasteiger charge is 2.28. The third kappa shape index (κ3) is 12.2. The van der Waals surface area contributed by atoms with E-state index in [1.807, 2.05) is 13.8 Å². The Morgan fingerprint density at radius 3 is 1.90 bits per heavy atom. The number of rotatable bonds is 17. The maximum absolute atomic E-state index is 13.2. The van der Waals surface area contributed by atoms with Gasteiger partial charge in [-0.1, -0.05) is 45.9 Å². The first-order valence-electron chi connectivity index (χ1n) is 13.1. The zero-order chi connectivity index (χ0) is 30.4. The number of carbonyl (C=O) groups excluding carboxylic acids is 5. The van der Waals surface area contributed by atoms with Gasteiger partial charge in [0.25, 0.3) is 5.91 Å². The number of hydrogen-bond acceptors (Lipinski definition) is 7. The van der Waals surface area contributed by atoms with Crippen LogP contribution in [0.15, 0.2) is 30.3 Å². The van der Waals surface area contributed by atoms with Gasteiger partial charge in [0.15, 0.2) is 0 Å². The van der Waals surface area contributed by atoms with Crippen molar-refractivity contribution in [3.05, 3.63) is 35.9 Å². The van der Waals surface area contributed by atoms with E-state index in [-0.39, 0.29) is 43.8 Å². The molecule has 222 valence electrons. The number of carboxylic acid groups (broad SMARTS) is 1. The maximum atomic E-state index is 13.2. The Labute approximate surface area is 234 Å². The molecule has 0 radical (unpaired) electrons. The fourth-order valence-electron chi connectivity index (χ4n) is 3.89. The van der Waals surface area contributed by atoms with Gasteiger partial charge in [0.2, 0.25) is 23.6 Å². The monoisotopic (exact) mass is 563 g/mol. The molecule has 1 atom stereocenters. The van der Waals surface area contributed by atoms with E-state index in [1.165, 1.54) is 4.90 Å². The van der Waals surface area contributed by atoms with Crippen molar-refractivity contribution in [1.29, 1.82) is 0 Å². The molecule has 0 unspecified atom stereocenters. The smallest absolute Gasteiger partial charge is 0.326 e. The second kappa shape index (κ2) is 16.9. The van der Waals surface area contributed by atoms with Gasteiger partial charge in [0.05, 0.1) is 19.7 Å². The Morgan fingerprint density at radius 2 is 1.40 bits per heavy atom. The van der Waals surface area contributed by atoms with Crippen LogP contribution in [0.4, 0.5) is 0 Å². The molecule has 0 saturated carbocycles. The van der Waals surface area contributed by atoms with Crippen LogP contribution in [0.3, 0.4) is 0 Å². The number of carboxylic acids is 1. The van der Waals surface area contributed by atoms with Crippen molar-refractivity contribution < 1.29 is 39.0 Å². The summed E-state index contributed by atoms with van der Waals surface area (Å²) in [6.07, 6.45) is 0.151. The lowest BCUT2D eigenvalue weighted by Gasteiger charge is -2.30. The summed E-state index contributed by atoms with van der Waals surface area (Å²) in [7, 11) is 0. The van der Waals surface area contributed by atoms with Crippen molar-refractivity contribution in [1.82, 2.24) is 20.0 Å². The Morgan fingerprint density at radius 1 is 0.825 bits per heavy atom. The lowest BCUT2D eigenvalue weighted by atomic mass is 10.0. The lowest BCUT2D eigenvalue weighted by Crippen LogP contribution is -2.53. The first kappa shape index (κ1) is 34.0. The molecule has 0 saturated heterocycles. The van der Waals surface area contributed by atoms with Crippen molar-refractivity contribution in [2.75, 3.05) is 45.9 Å². The molecule has 0 aliphatic heterocycles. The molecule has 0 aliphatic carbocycles. The Bertz CT molecular complexity index is 1030. The minimum Gasteiger partial charge on any atom is -0.480 e. The van der Waals surface area contributed by atoms with Crippen LogP contribution in [-0.4, -0.2) is 112 Å². The number of nitrogens with zero attached hydrogens (tertiary/aromatic N) is 3. The molecule has 13 nitrogen and oxygen atoms in total. The molecule has 0 bridgehead atoms. The number of aliphatic carboxylic acids is 1. The van der Waals surface area contributed by atoms with E-state index in [1.54, 1.807) is 44.2 Å². The van der Waals surface area contributed by atoms with Crippen molar-refractivity contribution in [2.24, 2.45) is 17.6 Å². The Balaban J connectivity index is 3.05. The number of carbonyl (C=O) groups is 6. The van der Waals surface area contributed by atoms with E-state index in [4.69, 9.17) is 5.73 Å². The maximum Gasteiger partial charge on any atom is 0.326 e. The topological polar surface area (TPSA) is 191 Å². The Kier molecular flexibility index (Phi) is 14.3. The average Bonchev–Trinajstić information content (AvgIpc) is 2.86. The van der Waals surface area contributed by atoms with Gasteiger partial charge in [-0.25, -0.2) is 4.79 Å². The van der Waals surface area contributed by atoms with Gasteiger partial charge in [0.1, 0.15) is 19.1 Å². The van der Waals surface area contributed by atoms with Crippen LogP contribution in [0.25, 0.3) is 0 Å². The average molecular weight is 564 g/mol. The number of aliphatic hydroxyl groups excluding tert-OH is 1. The SMILES string of the molecule is CC(C)C[C@H](NC(=O)CN(CC(N)=O)C(=O)CN(CCO)C(=O)CN(CC(C)C)C(=O)c1ccccc1)C(=O)O. The lowest BCUT2D eigenvalue weighted by molar-refractivity contribution is -0.145. The third-order valence-electron chi connectivity index (χ3n) is 5.64. The van der Waals surface area contributed by atoms with E-state index < -0.39 is 61.9 Å². The molecule has 0 fully saturated rings. The number of nitrogens with two attached hydrogens (primary N) is 1. The molecule has 0 spiro atoms. The van der Waals surface area contributed by atoms with Gasteiger partial charge < -0.3 is 36.0 Å². The summed E-state index contributed by atoms with van der Waals surface area (Å²) in [5.41, 5.74) is 5.63. The summed E-state index contributed by atoms with van der Waals surface area (Å²) in [6, 6.07) is 7.21. The minimum absolute atomic E-state index is 0.0308. The van der Waals surface area contributed by atoms with Crippen molar-refractivity contribution >= 4 is 35.5 Å². The van der Waals surface area contributed by atoms with Gasteiger partial charge in [0, 0.05) is 18.7 Å². The number of benzene rings is 1.